The average Bonchev–Trinajstić information content (AvgIpc) is 2.17. The van der Waals surface area contributed by atoms with Gasteiger partial charge in [0.2, 0.25) is 0 Å². The Hall–Kier alpha value is -0.0800. The standard InChI is InChI=1S/C14H29NO/c1-10(2)12-7-6-8-14(16,9-12)13(5,15)11(3)4/h10-12,16H,6-9,15H2,1-5H3. The lowest BCUT2D eigenvalue weighted by Crippen LogP contribution is -2.63. The van der Waals surface area contributed by atoms with Crippen LogP contribution in [0.4, 0.5) is 0 Å². The first-order valence-corrected chi connectivity index (χ1v) is 6.72. The number of aliphatic hydroxyl groups is 1. The van der Waals surface area contributed by atoms with E-state index in [1.165, 1.54) is 6.42 Å². The molecular weight excluding hydrogens is 198 g/mol. The first-order valence-electron chi connectivity index (χ1n) is 6.72. The van der Waals surface area contributed by atoms with Gasteiger partial charge in [0, 0.05) is 5.54 Å². The average molecular weight is 227 g/mol. The van der Waals surface area contributed by atoms with Gasteiger partial charge in [-0.3, -0.25) is 0 Å². The quantitative estimate of drug-likeness (QED) is 0.778. The predicted octanol–water partition coefficient (Wildman–Crippen LogP) is 2.94. The molecule has 0 aromatic heterocycles. The van der Waals surface area contributed by atoms with E-state index in [2.05, 4.69) is 27.7 Å². The van der Waals surface area contributed by atoms with Crippen LogP contribution in [0.3, 0.4) is 0 Å². The van der Waals surface area contributed by atoms with Gasteiger partial charge in [0.15, 0.2) is 0 Å². The zero-order valence-corrected chi connectivity index (χ0v) is 11.6. The summed E-state index contributed by atoms with van der Waals surface area (Å²) in [6.07, 6.45) is 4.09. The van der Waals surface area contributed by atoms with Crippen molar-refractivity contribution in [2.75, 3.05) is 0 Å². The van der Waals surface area contributed by atoms with E-state index in [0.29, 0.717) is 17.8 Å². The summed E-state index contributed by atoms with van der Waals surface area (Å²) < 4.78 is 0. The highest BCUT2D eigenvalue weighted by Gasteiger charge is 2.48. The molecule has 0 aromatic rings. The van der Waals surface area contributed by atoms with Gasteiger partial charge in [-0.1, -0.05) is 34.1 Å². The first-order chi connectivity index (χ1) is 7.21. The highest BCUT2D eigenvalue weighted by atomic mass is 16.3. The number of rotatable bonds is 3. The molecule has 96 valence electrons. The van der Waals surface area contributed by atoms with E-state index in [-0.39, 0.29) is 0 Å². The van der Waals surface area contributed by atoms with E-state index in [1.807, 2.05) is 6.92 Å². The first kappa shape index (κ1) is 14.0. The topological polar surface area (TPSA) is 46.2 Å². The lowest BCUT2D eigenvalue weighted by molar-refractivity contribution is -0.0936. The zero-order valence-electron chi connectivity index (χ0n) is 11.6. The van der Waals surface area contributed by atoms with Gasteiger partial charge in [-0.15, -0.1) is 0 Å². The van der Waals surface area contributed by atoms with Gasteiger partial charge in [-0.05, 0) is 43.9 Å². The molecule has 0 amide bonds. The summed E-state index contributed by atoms with van der Waals surface area (Å²) in [6, 6.07) is 0. The fourth-order valence-corrected chi connectivity index (χ4v) is 2.89. The van der Waals surface area contributed by atoms with Crippen molar-refractivity contribution in [1.82, 2.24) is 0 Å². The maximum Gasteiger partial charge on any atom is 0.0828 e. The van der Waals surface area contributed by atoms with Crippen LogP contribution < -0.4 is 5.73 Å². The molecule has 0 aliphatic heterocycles. The van der Waals surface area contributed by atoms with Crippen LogP contribution in [0.2, 0.25) is 0 Å². The maximum atomic E-state index is 10.9. The van der Waals surface area contributed by atoms with Crippen molar-refractivity contribution in [2.24, 2.45) is 23.5 Å². The third-order valence-corrected chi connectivity index (χ3v) is 4.91. The summed E-state index contributed by atoms with van der Waals surface area (Å²) in [5, 5.41) is 10.9. The van der Waals surface area contributed by atoms with Crippen LogP contribution in [0.5, 0.6) is 0 Å². The maximum absolute atomic E-state index is 10.9. The van der Waals surface area contributed by atoms with Crippen LogP contribution in [-0.2, 0) is 0 Å². The number of nitrogens with two attached hydrogens (primary N) is 1. The molecule has 1 aliphatic rings. The second-order valence-electron chi connectivity index (χ2n) is 6.57. The van der Waals surface area contributed by atoms with Gasteiger partial charge in [-0.25, -0.2) is 0 Å². The van der Waals surface area contributed by atoms with E-state index in [9.17, 15) is 5.11 Å². The minimum absolute atomic E-state index is 0.309. The highest BCUT2D eigenvalue weighted by molar-refractivity contribution is 5.05. The molecule has 3 unspecified atom stereocenters. The fourth-order valence-electron chi connectivity index (χ4n) is 2.89. The molecule has 0 spiro atoms. The predicted molar refractivity (Wildman–Crippen MR) is 69.2 cm³/mol. The van der Waals surface area contributed by atoms with Crippen molar-refractivity contribution in [2.45, 2.75) is 71.4 Å². The smallest absolute Gasteiger partial charge is 0.0828 e. The molecule has 1 aliphatic carbocycles. The minimum Gasteiger partial charge on any atom is -0.388 e. The molecule has 16 heavy (non-hydrogen) atoms. The van der Waals surface area contributed by atoms with E-state index in [0.717, 1.165) is 19.3 Å². The van der Waals surface area contributed by atoms with Crippen molar-refractivity contribution in [3.8, 4) is 0 Å². The Morgan fingerprint density at radius 2 is 1.88 bits per heavy atom. The van der Waals surface area contributed by atoms with Gasteiger partial charge in [0.1, 0.15) is 0 Å². The second kappa shape index (κ2) is 4.66. The van der Waals surface area contributed by atoms with Crippen LogP contribution in [0, 0.1) is 17.8 Å². The Kier molecular flexibility index (Phi) is 4.07. The van der Waals surface area contributed by atoms with E-state index < -0.39 is 11.1 Å². The second-order valence-corrected chi connectivity index (χ2v) is 6.57. The third-order valence-electron chi connectivity index (χ3n) is 4.91. The van der Waals surface area contributed by atoms with Crippen molar-refractivity contribution < 1.29 is 5.11 Å². The lowest BCUT2D eigenvalue weighted by atomic mass is 9.63. The Labute approximate surface area is 101 Å². The van der Waals surface area contributed by atoms with Gasteiger partial charge in [0.05, 0.1) is 5.60 Å². The van der Waals surface area contributed by atoms with E-state index in [1.54, 1.807) is 0 Å². The molecule has 2 nitrogen and oxygen atoms in total. The summed E-state index contributed by atoms with van der Waals surface area (Å²) in [4.78, 5) is 0. The van der Waals surface area contributed by atoms with Gasteiger partial charge >= 0.3 is 0 Å². The molecular formula is C14H29NO. The number of hydrogen-bond acceptors (Lipinski definition) is 2. The SMILES string of the molecule is CC(C)C1CCCC(O)(C(C)(N)C(C)C)C1. The molecule has 1 saturated carbocycles. The van der Waals surface area contributed by atoms with Crippen LogP contribution in [-0.4, -0.2) is 16.2 Å². The molecule has 0 radical (unpaired) electrons. The monoisotopic (exact) mass is 227 g/mol. The summed E-state index contributed by atoms with van der Waals surface area (Å²) in [5.41, 5.74) is 5.24. The van der Waals surface area contributed by atoms with Crippen molar-refractivity contribution in [3.63, 3.8) is 0 Å². The van der Waals surface area contributed by atoms with Gasteiger partial charge < -0.3 is 10.8 Å². The molecule has 0 heterocycles. The van der Waals surface area contributed by atoms with E-state index in [4.69, 9.17) is 5.73 Å². The summed E-state index contributed by atoms with van der Waals surface area (Å²) >= 11 is 0. The number of hydrogen-bond donors (Lipinski definition) is 2. The Balaban J connectivity index is 2.84. The van der Waals surface area contributed by atoms with Crippen LogP contribution in [0.25, 0.3) is 0 Å². The molecule has 1 fully saturated rings. The summed E-state index contributed by atoms with van der Waals surface area (Å²) in [7, 11) is 0. The fraction of sp³-hybridized carbons (Fsp3) is 1.00. The Bertz CT molecular complexity index is 235. The Morgan fingerprint density at radius 1 is 1.31 bits per heavy atom. The van der Waals surface area contributed by atoms with Crippen molar-refractivity contribution in [3.05, 3.63) is 0 Å². The molecule has 0 bridgehead atoms. The third kappa shape index (κ3) is 2.43. The summed E-state index contributed by atoms with van der Waals surface area (Å²) in [6.45, 7) is 10.7. The van der Waals surface area contributed by atoms with Gasteiger partial charge in [-0.2, -0.15) is 0 Å². The van der Waals surface area contributed by atoms with Crippen molar-refractivity contribution >= 4 is 0 Å². The molecule has 0 saturated heterocycles. The van der Waals surface area contributed by atoms with E-state index >= 15 is 0 Å². The van der Waals surface area contributed by atoms with Crippen LogP contribution in [0.15, 0.2) is 0 Å². The molecule has 3 N–H and O–H groups in total. The normalized spacial score (nSPS) is 35.4. The highest BCUT2D eigenvalue weighted by Crippen LogP contribution is 2.43. The summed E-state index contributed by atoms with van der Waals surface area (Å²) in [5.74, 6) is 1.58. The zero-order chi connectivity index (χ0) is 12.6. The molecule has 0 aromatic carbocycles. The lowest BCUT2D eigenvalue weighted by Gasteiger charge is -2.50. The molecule has 1 rings (SSSR count). The molecule has 3 atom stereocenters. The van der Waals surface area contributed by atoms with Gasteiger partial charge in [0.25, 0.3) is 0 Å². The largest absolute Gasteiger partial charge is 0.388 e. The van der Waals surface area contributed by atoms with Crippen LogP contribution in [0.1, 0.15) is 60.3 Å². The van der Waals surface area contributed by atoms with Crippen LogP contribution >= 0.6 is 0 Å². The Morgan fingerprint density at radius 3 is 2.31 bits per heavy atom. The molecule has 2 heteroatoms. The minimum atomic E-state index is -0.672. The van der Waals surface area contributed by atoms with Crippen molar-refractivity contribution in [1.29, 1.82) is 0 Å².